The Morgan fingerprint density at radius 3 is 2.44 bits per heavy atom. The molecule has 0 aliphatic heterocycles. The van der Waals surface area contributed by atoms with Crippen molar-refractivity contribution in [2.75, 3.05) is 39.5 Å². The average molecular weight is 272 g/mol. The third-order valence-electron chi connectivity index (χ3n) is 1.93. The summed E-state index contributed by atoms with van der Waals surface area (Å²) >= 11 is 1.17. The van der Waals surface area contributed by atoms with Crippen LogP contribution >= 0.6 is 11.3 Å². The zero-order chi connectivity index (χ0) is 13.5. The summed E-state index contributed by atoms with van der Waals surface area (Å²) in [6.07, 6.45) is 0. The largest absolute Gasteiger partial charge is 0.363 e. The molecule has 0 saturated heterocycles. The summed E-state index contributed by atoms with van der Waals surface area (Å²) in [6, 6.07) is -0.197. The van der Waals surface area contributed by atoms with Crippen LogP contribution in [0.15, 0.2) is 0 Å². The Morgan fingerprint density at radius 1 is 1.22 bits per heavy atom. The van der Waals surface area contributed by atoms with Crippen molar-refractivity contribution in [2.45, 2.75) is 0 Å². The second kappa shape index (κ2) is 6.74. The predicted octanol–water partition coefficient (Wildman–Crippen LogP) is -0.419. The molecule has 0 radical (unpaired) electrons. The summed E-state index contributed by atoms with van der Waals surface area (Å²) in [5, 5.41) is 16.4. The van der Waals surface area contributed by atoms with Crippen molar-refractivity contribution in [2.24, 2.45) is 0 Å². The first-order valence-corrected chi connectivity index (χ1v) is 6.11. The van der Waals surface area contributed by atoms with Gasteiger partial charge in [0, 0.05) is 34.2 Å². The van der Waals surface area contributed by atoms with E-state index in [1.807, 2.05) is 0 Å². The van der Waals surface area contributed by atoms with E-state index in [1.54, 1.807) is 21.1 Å². The highest BCUT2D eigenvalue weighted by Gasteiger charge is 2.11. The monoisotopic (exact) mass is 272 g/mol. The maximum atomic E-state index is 11.6. The van der Waals surface area contributed by atoms with E-state index >= 15 is 0 Å². The summed E-state index contributed by atoms with van der Waals surface area (Å²) in [6.45, 7) is 0.702. The Labute approximate surface area is 109 Å². The van der Waals surface area contributed by atoms with Gasteiger partial charge in [-0.05, 0) is 0 Å². The van der Waals surface area contributed by atoms with Crippen LogP contribution in [0.25, 0.3) is 0 Å². The molecule has 0 bridgehead atoms. The third-order valence-corrected chi connectivity index (χ3v) is 2.87. The molecule has 18 heavy (non-hydrogen) atoms. The van der Waals surface area contributed by atoms with Crippen LogP contribution in [0.5, 0.6) is 0 Å². The molecule has 1 aromatic heterocycles. The lowest BCUT2D eigenvalue weighted by molar-refractivity contribution is 0.0952. The molecule has 0 atom stereocenters. The standard InChI is InChI=1S/C9H16N6O2S/c1-10-8-14-13-7(18-8)6(16)11-4-5-12-9(17)15(2)3/h4-5H2,1-3H3,(H,10,14)(H,11,16)(H,12,17). The van der Waals surface area contributed by atoms with Gasteiger partial charge in [0.15, 0.2) is 0 Å². The molecule has 1 aromatic rings. The van der Waals surface area contributed by atoms with E-state index in [9.17, 15) is 9.59 Å². The number of nitrogens with zero attached hydrogens (tertiary/aromatic N) is 3. The van der Waals surface area contributed by atoms with Crippen molar-refractivity contribution >= 4 is 28.4 Å². The number of urea groups is 1. The van der Waals surface area contributed by atoms with Crippen LogP contribution in [0.1, 0.15) is 9.80 Å². The van der Waals surface area contributed by atoms with Gasteiger partial charge in [-0.1, -0.05) is 11.3 Å². The summed E-state index contributed by atoms with van der Waals surface area (Å²) in [4.78, 5) is 24.2. The number of anilines is 1. The van der Waals surface area contributed by atoms with E-state index in [-0.39, 0.29) is 11.9 Å². The molecule has 0 fully saturated rings. The average Bonchev–Trinajstić information content (AvgIpc) is 2.82. The van der Waals surface area contributed by atoms with E-state index in [1.165, 1.54) is 16.2 Å². The number of carbonyl (C=O) groups is 2. The highest BCUT2D eigenvalue weighted by Crippen LogP contribution is 2.13. The Kier molecular flexibility index (Phi) is 5.31. The smallest absolute Gasteiger partial charge is 0.316 e. The van der Waals surface area contributed by atoms with Crippen molar-refractivity contribution in [1.29, 1.82) is 0 Å². The van der Waals surface area contributed by atoms with Crippen molar-refractivity contribution in [3.8, 4) is 0 Å². The first kappa shape index (κ1) is 14.2. The van der Waals surface area contributed by atoms with Gasteiger partial charge >= 0.3 is 6.03 Å². The van der Waals surface area contributed by atoms with Crippen molar-refractivity contribution in [1.82, 2.24) is 25.7 Å². The number of nitrogens with one attached hydrogen (secondary N) is 3. The molecule has 8 nitrogen and oxygen atoms in total. The SMILES string of the molecule is CNc1nnc(C(=O)NCCNC(=O)N(C)C)s1. The molecule has 0 unspecified atom stereocenters. The lowest BCUT2D eigenvalue weighted by atomic mass is 10.5. The van der Waals surface area contributed by atoms with Crippen LogP contribution in [0.4, 0.5) is 9.93 Å². The minimum absolute atomic E-state index is 0.197. The van der Waals surface area contributed by atoms with Gasteiger partial charge in [-0.15, -0.1) is 10.2 Å². The van der Waals surface area contributed by atoms with E-state index in [0.717, 1.165) is 0 Å². The number of rotatable bonds is 5. The summed E-state index contributed by atoms with van der Waals surface area (Å²) in [5.74, 6) is -0.298. The molecule has 0 aliphatic rings. The minimum Gasteiger partial charge on any atom is -0.363 e. The molecular weight excluding hydrogens is 256 g/mol. The molecule has 3 amide bonds. The molecular formula is C9H16N6O2S. The van der Waals surface area contributed by atoms with Gasteiger partial charge in [0.2, 0.25) is 10.1 Å². The fraction of sp³-hybridized carbons (Fsp3) is 0.556. The third kappa shape index (κ3) is 4.17. The van der Waals surface area contributed by atoms with Crippen LogP contribution in [-0.2, 0) is 0 Å². The number of hydrogen-bond donors (Lipinski definition) is 3. The molecule has 9 heteroatoms. The molecule has 1 heterocycles. The Balaban J connectivity index is 2.27. The Bertz CT molecular complexity index is 419. The molecule has 3 N–H and O–H groups in total. The molecule has 1 rings (SSSR count). The van der Waals surface area contributed by atoms with Crippen LogP contribution < -0.4 is 16.0 Å². The number of amides is 3. The lowest BCUT2D eigenvalue weighted by Crippen LogP contribution is -2.39. The molecule has 0 aromatic carbocycles. The van der Waals surface area contributed by atoms with E-state index in [4.69, 9.17) is 0 Å². The maximum absolute atomic E-state index is 11.6. The maximum Gasteiger partial charge on any atom is 0.316 e. The molecule has 100 valence electrons. The lowest BCUT2D eigenvalue weighted by Gasteiger charge is -2.11. The van der Waals surface area contributed by atoms with E-state index in [2.05, 4.69) is 26.1 Å². The molecule has 0 spiro atoms. The van der Waals surface area contributed by atoms with Crippen LogP contribution in [-0.4, -0.2) is 61.3 Å². The fourth-order valence-electron chi connectivity index (χ4n) is 0.995. The van der Waals surface area contributed by atoms with Gasteiger partial charge < -0.3 is 20.9 Å². The topological polar surface area (TPSA) is 99.2 Å². The van der Waals surface area contributed by atoms with Crippen LogP contribution in [0.3, 0.4) is 0 Å². The Morgan fingerprint density at radius 2 is 1.89 bits per heavy atom. The summed E-state index contributed by atoms with van der Waals surface area (Å²) in [5.41, 5.74) is 0. The van der Waals surface area contributed by atoms with Crippen LogP contribution in [0, 0.1) is 0 Å². The first-order valence-electron chi connectivity index (χ1n) is 5.29. The van der Waals surface area contributed by atoms with Gasteiger partial charge in [0.1, 0.15) is 0 Å². The zero-order valence-corrected chi connectivity index (χ0v) is 11.3. The van der Waals surface area contributed by atoms with Gasteiger partial charge in [-0.2, -0.15) is 0 Å². The summed E-state index contributed by atoms with van der Waals surface area (Å²) < 4.78 is 0. The van der Waals surface area contributed by atoms with Gasteiger partial charge in [0.25, 0.3) is 5.91 Å². The van der Waals surface area contributed by atoms with Gasteiger partial charge in [-0.25, -0.2) is 4.79 Å². The second-order valence-electron chi connectivity index (χ2n) is 3.54. The van der Waals surface area contributed by atoms with Gasteiger partial charge in [-0.3, -0.25) is 4.79 Å². The number of carbonyl (C=O) groups excluding carboxylic acids is 2. The first-order chi connectivity index (χ1) is 8.54. The minimum atomic E-state index is -0.298. The fourth-order valence-corrected chi connectivity index (χ4v) is 1.61. The van der Waals surface area contributed by atoms with Crippen molar-refractivity contribution in [3.05, 3.63) is 5.01 Å². The normalized spacial score (nSPS) is 9.72. The quantitative estimate of drug-likeness (QED) is 0.632. The predicted molar refractivity (Wildman–Crippen MR) is 68.9 cm³/mol. The summed E-state index contributed by atoms with van der Waals surface area (Å²) in [7, 11) is 5.00. The van der Waals surface area contributed by atoms with Crippen molar-refractivity contribution < 1.29 is 9.59 Å². The Hall–Kier alpha value is -1.90. The van der Waals surface area contributed by atoms with E-state index < -0.39 is 0 Å². The van der Waals surface area contributed by atoms with Gasteiger partial charge in [0.05, 0.1) is 0 Å². The van der Waals surface area contributed by atoms with Crippen LogP contribution in [0.2, 0.25) is 0 Å². The highest BCUT2D eigenvalue weighted by atomic mass is 32.1. The number of aromatic nitrogens is 2. The molecule has 0 saturated carbocycles. The zero-order valence-electron chi connectivity index (χ0n) is 10.5. The second-order valence-corrected chi connectivity index (χ2v) is 4.52. The van der Waals surface area contributed by atoms with Crippen molar-refractivity contribution in [3.63, 3.8) is 0 Å². The van der Waals surface area contributed by atoms with E-state index in [0.29, 0.717) is 23.2 Å². The number of hydrogen-bond acceptors (Lipinski definition) is 6. The highest BCUT2D eigenvalue weighted by molar-refractivity contribution is 7.17. The molecule has 0 aliphatic carbocycles.